The molecule has 0 heterocycles. The lowest BCUT2D eigenvalue weighted by atomic mass is 9.92. The molecule has 1 aliphatic rings. The van der Waals surface area contributed by atoms with Crippen LogP contribution in [0.4, 0.5) is 10.5 Å². The predicted molar refractivity (Wildman–Crippen MR) is 111 cm³/mol. The number of carbonyl (C=O) groups is 2. The van der Waals surface area contributed by atoms with Crippen LogP contribution in [0.1, 0.15) is 59.8 Å². The van der Waals surface area contributed by atoms with E-state index in [1.165, 1.54) is 6.42 Å². The lowest BCUT2D eigenvalue weighted by Crippen LogP contribution is -2.55. The van der Waals surface area contributed by atoms with Crippen LogP contribution in [0.5, 0.6) is 5.75 Å². The number of nitrogens with zero attached hydrogens (tertiary/aromatic N) is 1. The van der Waals surface area contributed by atoms with Crippen LogP contribution >= 0.6 is 0 Å². The molecule has 28 heavy (non-hydrogen) atoms. The van der Waals surface area contributed by atoms with Crippen LogP contribution in [-0.4, -0.2) is 37.3 Å². The molecule has 0 bridgehead atoms. The molecule has 0 spiro atoms. The minimum absolute atomic E-state index is 0.0587. The van der Waals surface area contributed by atoms with E-state index in [0.29, 0.717) is 0 Å². The summed E-state index contributed by atoms with van der Waals surface area (Å²) in [6.45, 7) is 7.45. The van der Waals surface area contributed by atoms with Gasteiger partial charge in [0, 0.05) is 11.7 Å². The van der Waals surface area contributed by atoms with Crippen LogP contribution in [0.2, 0.25) is 0 Å². The van der Waals surface area contributed by atoms with E-state index in [0.717, 1.165) is 37.1 Å². The van der Waals surface area contributed by atoms with Crippen LogP contribution < -0.4 is 15.0 Å². The quantitative estimate of drug-likeness (QED) is 0.743. The number of alkyl carbamates (subject to hydrolysis) is 1. The number of methoxy groups -OCH3 is 1. The van der Waals surface area contributed by atoms with Crippen molar-refractivity contribution in [3.63, 3.8) is 0 Å². The fourth-order valence-electron chi connectivity index (χ4n) is 3.64. The first-order chi connectivity index (χ1) is 13.3. The summed E-state index contributed by atoms with van der Waals surface area (Å²) in [4.78, 5) is 27.6. The molecule has 0 radical (unpaired) electrons. The molecule has 6 nitrogen and oxygen atoms in total. The summed E-state index contributed by atoms with van der Waals surface area (Å²) in [7, 11) is 1.62. The third-order valence-corrected chi connectivity index (χ3v) is 5.08. The first-order valence-electron chi connectivity index (χ1n) is 10.3. The molecule has 2 amide bonds. The Morgan fingerprint density at radius 2 is 1.64 bits per heavy atom. The van der Waals surface area contributed by atoms with E-state index in [2.05, 4.69) is 5.32 Å². The zero-order valence-corrected chi connectivity index (χ0v) is 17.7. The van der Waals surface area contributed by atoms with Crippen LogP contribution in [0.15, 0.2) is 24.3 Å². The first kappa shape index (κ1) is 22.1. The maximum Gasteiger partial charge on any atom is 0.408 e. The summed E-state index contributed by atoms with van der Waals surface area (Å²) < 4.78 is 10.5. The van der Waals surface area contributed by atoms with Crippen molar-refractivity contribution in [1.29, 1.82) is 0 Å². The number of benzene rings is 1. The highest BCUT2D eigenvalue weighted by atomic mass is 16.6. The Labute approximate surface area is 168 Å². The van der Waals surface area contributed by atoms with Crippen LogP contribution in [-0.2, 0) is 9.53 Å². The van der Waals surface area contributed by atoms with E-state index in [-0.39, 0.29) is 24.0 Å². The van der Waals surface area contributed by atoms with E-state index < -0.39 is 12.1 Å². The molecule has 6 heteroatoms. The molecule has 1 aliphatic carbocycles. The van der Waals surface area contributed by atoms with Gasteiger partial charge >= 0.3 is 6.09 Å². The Morgan fingerprint density at radius 1 is 1.04 bits per heavy atom. The van der Waals surface area contributed by atoms with Gasteiger partial charge in [0.15, 0.2) is 0 Å². The average Bonchev–Trinajstić information content (AvgIpc) is 2.67. The van der Waals surface area contributed by atoms with Crippen LogP contribution in [0.3, 0.4) is 0 Å². The SMILES string of the molecule is COc1ccc(N(C(=O)[C@@H](NC(=O)OC(C)C)C(C)C)C2CCCCC2)cc1. The van der Waals surface area contributed by atoms with Gasteiger partial charge in [0.1, 0.15) is 11.8 Å². The van der Waals surface area contributed by atoms with Gasteiger partial charge in [0.2, 0.25) is 5.91 Å². The van der Waals surface area contributed by atoms with E-state index in [1.54, 1.807) is 21.0 Å². The van der Waals surface area contributed by atoms with Gasteiger partial charge in [-0.05, 0) is 56.9 Å². The lowest BCUT2D eigenvalue weighted by molar-refractivity contribution is -0.122. The third-order valence-electron chi connectivity index (χ3n) is 5.08. The second-order valence-corrected chi connectivity index (χ2v) is 8.02. The number of hydrogen-bond acceptors (Lipinski definition) is 4. The highest BCUT2D eigenvalue weighted by molar-refractivity contribution is 5.99. The number of carbonyl (C=O) groups excluding carboxylic acids is 2. The molecule has 1 atom stereocenters. The summed E-state index contributed by atoms with van der Waals surface area (Å²) in [5.74, 6) is 0.600. The lowest BCUT2D eigenvalue weighted by Gasteiger charge is -2.37. The van der Waals surface area contributed by atoms with Crippen molar-refractivity contribution in [2.24, 2.45) is 5.92 Å². The highest BCUT2D eigenvalue weighted by Gasteiger charge is 2.34. The molecule has 1 N–H and O–H groups in total. The van der Waals surface area contributed by atoms with Gasteiger partial charge in [-0.15, -0.1) is 0 Å². The first-order valence-corrected chi connectivity index (χ1v) is 10.3. The topological polar surface area (TPSA) is 67.9 Å². The van der Waals surface area contributed by atoms with Crippen molar-refractivity contribution in [2.45, 2.75) is 78.0 Å². The van der Waals surface area contributed by atoms with Crippen LogP contribution in [0.25, 0.3) is 0 Å². The van der Waals surface area contributed by atoms with Crippen molar-refractivity contribution < 1.29 is 19.1 Å². The summed E-state index contributed by atoms with van der Waals surface area (Å²) in [5.41, 5.74) is 0.836. The van der Waals surface area contributed by atoms with Gasteiger partial charge < -0.3 is 19.7 Å². The zero-order chi connectivity index (χ0) is 20.7. The summed E-state index contributed by atoms with van der Waals surface area (Å²) in [5, 5.41) is 2.78. The Kier molecular flexibility index (Phi) is 8.15. The molecule has 1 aromatic carbocycles. The molecular weight excluding hydrogens is 356 g/mol. The van der Waals surface area contributed by atoms with Gasteiger partial charge in [0.25, 0.3) is 0 Å². The van der Waals surface area contributed by atoms with E-state index in [9.17, 15) is 9.59 Å². The highest BCUT2D eigenvalue weighted by Crippen LogP contribution is 2.30. The Bertz CT molecular complexity index is 636. The molecule has 2 rings (SSSR count). The molecule has 1 aromatic rings. The second kappa shape index (κ2) is 10.3. The van der Waals surface area contributed by atoms with Crippen molar-refractivity contribution in [3.05, 3.63) is 24.3 Å². The monoisotopic (exact) mass is 390 g/mol. The standard InChI is InChI=1S/C22H34N2O4/c1-15(2)20(23-22(26)28-16(3)4)21(25)24(17-9-7-6-8-10-17)18-11-13-19(27-5)14-12-18/h11-17,20H,6-10H2,1-5H3,(H,23,26)/t20-/m0/s1. The Hall–Kier alpha value is -2.24. The number of nitrogens with one attached hydrogen (secondary N) is 1. The molecule has 1 fully saturated rings. The Morgan fingerprint density at radius 3 is 2.14 bits per heavy atom. The molecule has 1 saturated carbocycles. The summed E-state index contributed by atoms with van der Waals surface area (Å²) in [6.07, 6.45) is 4.57. The maximum atomic E-state index is 13.6. The zero-order valence-electron chi connectivity index (χ0n) is 17.7. The summed E-state index contributed by atoms with van der Waals surface area (Å²) in [6, 6.07) is 7.05. The van der Waals surface area contributed by atoms with Crippen LogP contribution in [0, 0.1) is 5.92 Å². The van der Waals surface area contributed by atoms with Gasteiger partial charge in [-0.1, -0.05) is 33.1 Å². The Balaban J connectivity index is 2.30. The molecule has 0 saturated heterocycles. The largest absolute Gasteiger partial charge is 0.497 e. The van der Waals surface area contributed by atoms with Crippen molar-refractivity contribution >= 4 is 17.7 Å². The van der Waals surface area contributed by atoms with Gasteiger partial charge in [-0.25, -0.2) is 4.79 Å². The minimum Gasteiger partial charge on any atom is -0.497 e. The molecule has 0 aromatic heterocycles. The third kappa shape index (κ3) is 5.88. The molecule has 0 unspecified atom stereocenters. The van der Waals surface area contributed by atoms with Gasteiger partial charge in [-0.3, -0.25) is 4.79 Å². The molecule has 156 valence electrons. The smallest absolute Gasteiger partial charge is 0.408 e. The number of ether oxygens (including phenoxy) is 2. The van der Waals surface area contributed by atoms with Crippen molar-refractivity contribution in [1.82, 2.24) is 5.32 Å². The number of rotatable bonds is 7. The normalized spacial score (nSPS) is 16.0. The number of amides is 2. The maximum absolute atomic E-state index is 13.6. The van der Waals surface area contributed by atoms with Gasteiger partial charge in [-0.2, -0.15) is 0 Å². The van der Waals surface area contributed by atoms with Crippen molar-refractivity contribution in [3.8, 4) is 5.75 Å². The molecule has 0 aliphatic heterocycles. The fraction of sp³-hybridized carbons (Fsp3) is 0.636. The second-order valence-electron chi connectivity index (χ2n) is 8.02. The van der Waals surface area contributed by atoms with E-state index in [4.69, 9.17) is 9.47 Å². The number of anilines is 1. The van der Waals surface area contributed by atoms with E-state index in [1.807, 2.05) is 43.0 Å². The molecular formula is C22H34N2O4. The van der Waals surface area contributed by atoms with Gasteiger partial charge in [0.05, 0.1) is 13.2 Å². The minimum atomic E-state index is -0.643. The average molecular weight is 391 g/mol. The summed E-state index contributed by atoms with van der Waals surface area (Å²) >= 11 is 0. The fourth-order valence-corrected chi connectivity index (χ4v) is 3.64. The number of hydrogen-bond donors (Lipinski definition) is 1. The van der Waals surface area contributed by atoms with E-state index >= 15 is 0 Å². The van der Waals surface area contributed by atoms with Crippen molar-refractivity contribution in [2.75, 3.05) is 12.0 Å². The predicted octanol–water partition coefficient (Wildman–Crippen LogP) is 4.52.